The summed E-state index contributed by atoms with van der Waals surface area (Å²) in [7, 11) is 1.46. The van der Waals surface area contributed by atoms with Crippen molar-refractivity contribution in [1.29, 1.82) is 0 Å². The molecular formula is C21H20F2N8O2. The fraction of sp³-hybridized carbons (Fsp3) is 0.286. The lowest BCUT2D eigenvalue weighted by molar-refractivity contribution is 0.122. The molecule has 5 rings (SSSR count). The number of anilines is 3. The van der Waals surface area contributed by atoms with E-state index < -0.39 is 12.2 Å². The number of hydrogen-bond acceptors (Lipinski definition) is 9. The summed E-state index contributed by atoms with van der Waals surface area (Å²) >= 11 is 0. The van der Waals surface area contributed by atoms with Gasteiger partial charge in [-0.15, -0.1) is 0 Å². The third kappa shape index (κ3) is 4.12. The van der Waals surface area contributed by atoms with E-state index in [1.165, 1.54) is 11.7 Å². The minimum absolute atomic E-state index is 0.0102. The number of hydrogen-bond donors (Lipinski definition) is 1. The average molecular weight is 454 g/mol. The van der Waals surface area contributed by atoms with E-state index in [2.05, 4.69) is 30.2 Å². The van der Waals surface area contributed by atoms with Gasteiger partial charge in [0, 0.05) is 19.3 Å². The summed E-state index contributed by atoms with van der Waals surface area (Å²) in [5.41, 5.74) is 0.690. The molecule has 0 unspecified atom stereocenters. The molecule has 0 saturated carbocycles. The lowest BCUT2D eigenvalue weighted by atomic mass is 10.3. The minimum atomic E-state index is -2.86. The van der Waals surface area contributed by atoms with Crippen LogP contribution in [0, 0.1) is 0 Å². The molecule has 1 aliphatic heterocycles. The van der Waals surface area contributed by atoms with Crippen LogP contribution in [0.15, 0.2) is 42.6 Å². The Bertz CT molecular complexity index is 1260. The summed E-state index contributed by atoms with van der Waals surface area (Å²) < 4.78 is 40.1. The average Bonchev–Trinajstić information content (AvgIpc) is 3.25. The molecular weight excluding hydrogens is 434 g/mol. The van der Waals surface area contributed by atoms with Gasteiger partial charge in [-0.1, -0.05) is 12.1 Å². The van der Waals surface area contributed by atoms with Crippen LogP contribution in [0.25, 0.3) is 17.0 Å². The van der Waals surface area contributed by atoms with Crippen molar-refractivity contribution in [3.05, 3.63) is 48.4 Å². The van der Waals surface area contributed by atoms with Crippen molar-refractivity contribution in [3.8, 4) is 11.7 Å². The molecule has 1 N–H and O–H groups in total. The van der Waals surface area contributed by atoms with E-state index in [0.29, 0.717) is 54.9 Å². The summed E-state index contributed by atoms with van der Waals surface area (Å²) in [6.07, 6.45) is -1.24. The number of ether oxygens (including phenoxy) is 2. The molecule has 1 saturated heterocycles. The summed E-state index contributed by atoms with van der Waals surface area (Å²) in [6.45, 7) is 2.15. The van der Waals surface area contributed by atoms with Gasteiger partial charge in [-0.05, 0) is 24.3 Å². The Morgan fingerprint density at radius 2 is 1.82 bits per heavy atom. The highest BCUT2D eigenvalue weighted by Crippen LogP contribution is 2.32. The Kier molecular flexibility index (Phi) is 5.65. The highest BCUT2D eigenvalue weighted by atomic mass is 19.3. The van der Waals surface area contributed by atoms with Crippen molar-refractivity contribution in [1.82, 2.24) is 29.5 Å². The smallest absolute Gasteiger partial charge is 0.296 e. The number of nitrogens with zero attached hydrogens (tertiary/aromatic N) is 7. The molecule has 33 heavy (non-hydrogen) atoms. The van der Waals surface area contributed by atoms with E-state index in [4.69, 9.17) is 9.47 Å². The molecule has 4 aromatic rings. The zero-order valence-electron chi connectivity index (χ0n) is 17.7. The predicted molar refractivity (Wildman–Crippen MR) is 117 cm³/mol. The highest BCUT2D eigenvalue weighted by Gasteiger charge is 2.25. The molecule has 10 nitrogen and oxygen atoms in total. The van der Waals surface area contributed by atoms with Gasteiger partial charge in [-0.2, -0.15) is 15.0 Å². The van der Waals surface area contributed by atoms with Gasteiger partial charge in [-0.3, -0.25) is 4.57 Å². The van der Waals surface area contributed by atoms with Crippen molar-refractivity contribution < 1.29 is 18.3 Å². The molecule has 0 bridgehead atoms. The second kappa shape index (κ2) is 8.90. The van der Waals surface area contributed by atoms with E-state index in [9.17, 15) is 8.78 Å². The monoisotopic (exact) mass is 454 g/mol. The third-order valence-electron chi connectivity index (χ3n) is 5.10. The number of pyridine rings is 1. The van der Waals surface area contributed by atoms with Crippen LogP contribution in [0.1, 0.15) is 12.2 Å². The summed E-state index contributed by atoms with van der Waals surface area (Å²) in [5, 5.41) is 3.03. The van der Waals surface area contributed by atoms with Gasteiger partial charge in [0.05, 0.1) is 25.8 Å². The van der Waals surface area contributed by atoms with Crippen LogP contribution < -0.4 is 15.0 Å². The van der Waals surface area contributed by atoms with Crippen LogP contribution in [0.4, 0.5) is 26.5 Å². The molecule has 1 aromatic carbocycles. The minimum Gasteiger partial charge on any atom is -0.494 e. The molecule has 0 aliphatic carbocycles. The van der Waals surface area contributed by atoms with Gasteiger partial charge >= 0.3 is 0 Å². The first kappa shape index (κ1) is 20.9. The molecule has 12 heteroatoms. The highest BCUT2D eigenvalue weighted by molar-refractivity contribution is 5.84. The first-order valence-corrected chi connectivity index (χ1v) is 10.2. The van der Waals surface area contributed by atoms with Crippen LogP contribution in [0.5, 0.6) is 5.75 Å². The van der Waals surface area contributed by atoms with Crippen LogP contribution in [0.2, 0.25) is 0 Å². The number of rotatable bonds is 6. The van der Waals surface area contributed by atoms with Gasteiger partial charge < -0.3 is 19.7 Å². The predicted octanol–water partition coefficient (Wildman–Crippen LogP) is 3.13. The second-order valence-electron chi connectivity index (χ2n) is 7.13. The molecule has 0 amide bonds. The Morgan fingerprint density at radius 1 is 1.00 bits per heavy atom. The maximum absolute atomic E-state index is 14.0. The number of nitrogens with one attached hydrogen (secondary N) is 1. The van der Waals surface area contributed by atoms with Gasteiger partial charge in [0.1, 0.15) is 17.1 Å². The van der Waals surface area contributed by atoms with Crippen LogP contribution >= 0.6 is 0 Å². The van der Waals surface area contributed by atoms with Gasteiger partial charge in [0.15, 0.2) is 5.82 Å². The van der Waals surface area contributed by atoms with E-state index in [0.717, 1.165) is 0 Å². The van der Waals surface area contributed by atoms with Gasteiger partial charge in [0.25, 0.3) is 6.43 Å². The number of benzene rings is 1. The number of imidazole rings is 1. The van der Waals surface area contributed by atoms with Crippen molar-refractivity contribution in [3.63, 3.8) is 0 Å². The van der Waals surface area contributed by atoms with Crippen molar-refractivity contribution in [2.24, 2.45) is 0 Å². The molecule has 0 atom stereocenters. The molecule has 1 aliphatic rings. The van der Waals surface area contributed by atoms with E-state index in [1.807, 2.05) is 11.0 Å². The number of morpholine rings is 1. The zero-order valence-corrected chi connectivity index (χ0v) is 17.7. The molecule has 0 spiro atoms. The first-order valence-electron chi connectivity index (χ1n) is 10.2. The Morgan fingerprint density at radius 3 is 2.55 bits per heavy atom. The van der Waals surface area contributed by atoms with Crippen molar-refractivity contribution in [2.45, 2.75) is 6.43 Å². The normalized spacial score (nSPS) is 14.1. The standard InChI is InChI=1S/C21H20F2N8O2/c1-32-14-6-4-5-13-16(14)26-18(17(22)23)31(13)21-28-19(25-15-7-2-3-8-24-15)27-20(29-21)30-9-11-33-12-10-30/h2-8,17H,9-12H2,1H3,(H,24,25,27,28,29). The molecule has 0 radical (unpaired) electrons. The van der Waals surface area contributed by atoms with E-state index in [-0.39, 0.29) is 11.9 Å². The maximum atomic E-state index is 14.0. The lowest BCUT2D eigenvalue weighted by Gasteiger charge is -2.27. The maximum Gasteiger partial charge on any atom is 0.296 e. The molecule has 170 valence electrons. The SMILES string of the molecule is COc1cccc2c1nc(C(F)F)n2-c1nc(Nc2ccccn2)nc(N2CCOCC2)n1. The number of methoxy groups -OCH3 is 1. The molecule has 4 heterocycles. The number of aromatic nitrogens is 6. The first-order chi connectivity index (χ1) is 16.1. The summed E-state index contributed by atoms with van der Waals surface area (Å²) in [5.74, 6) is 0.918. The summed E-state index contributed by atoms with van der Waals surface area (Å²) in [4.78, 5) is 23.7. The molecule has 3 aromatic heterocycles. The lowest BCUT2D eigenvalue weighted by Crippen LogP contribution is -2.37. The Labute approximate surface area is 187 Å². The second-order valence-corrected chi connectivity index (χ2v) is 7.13. The zero-order chi connectivity index (χ0) is 22.8. The Hall–Kier alpha value is -3.93. The largest absolute Gasteiger partial charge is 0.494 e. The fourth-order valence-electron chi connectivity index (χ4n) is 3.58. The van der Waals surface area contributed by atoms with Crippen LogP contribution in [-0.4, -0.2) is 62.9 Å². The third-order valence-corrected chi connectivity index (χ3v) is 5.10. The van der Waals surface area contributed by atoms with Crippen molar-refractivity contribution >= 4 is 28.7 Å². The van der Waals surface area contributed by atoms with Gasteiger partial charge in [-0.25, -0.2) is 18.7 Å². The van der Waals surface area contributed by atoms with Crippen LogP contribution in [-0.2, 0) is 4.74 Å². The molecule has 1 fully saturated rings. The number of halogens is 2. The number of alkyl halides is 2. The number of para-hydroxylation sites is 1. The van der Waals surface area contributed by atoms with Crippen molar-refractivity contribution in [2.75, 3.05) is 43.6 Å². The van der Waals surface area contributed by atoms with Gasteiger partial charge in [0.2, 0.25) is 17.8 Å². The van der Waals surface area contributed by atoms with Crippen LogP contribution in [0.3, 0.4) is 0 Å². The summed E-state index contributed by atoms with van der Waals surface area (Å²) in [6, 6.07) is 10.4. The van der Waals surface area contributed by atoms with E-state index in [1.54, 1.807) is 36.5 Å². The topological polar surface area (TPSA) is 103 Å². The quantitative estimate of drug-likeness (QED) is 0.471. The number of fused-ring (bicyclic) bond motifs is 1. The fourth-order valence-corrected chi connectivity index (χ4v) is 3.58. The van der Waals surface area contributed by atoms with E-state index >= 15 is 0 Å². The Balaban J connectivity index is 1.69.